The molecule has 1 saturated carbocycles. The van der Waals surface area contributed by atoms with Gasteiger partial charge in [-0.3, -0.25) is 9.48 Å². The van der Waals surface area contributed by atoms with Gasteiger partial charge in [-0.15, -0.1) is 24.8 Å². The number of carbonyl (C=O) groups excluding carboxylic acids is 1. The summed E-state index contributed by atoms with van der Waals surface area (Å²) in [5, 5.41) is 4.50. The van der Waals surface area contributed by atoms with Crippen LogP contribution in [-0.4, -0.2) is 51.9 Å². The number of morpholine rings is 1. The molecule has 1 aromatic heterocycles. The fraction of sp³-hybridized carbons (Fsp3) is 0.778. The van der Waals surface area contributed by atoms with Crippen LogP contribution in [0.1, 0.15) is 44.0 Å². The molecule has 2 fully saturated rings. The lowest BCUT2D eigenvalue weighted by Gasteiger charge is -2.42. The van der Waals surface area contributed by atoms with Crippen molar-refractivity contribution in [1.29, 1.82) is 0 Å². The lowest BCUT2D eigenvalue weighted by Crippen LogP contribution is -2.56. The number of aryl methyl sites for hydroxylation is 2. The highest BCUT2D eigenvalue weighted by molar-refractivity contribution is 5.85. The number of hydrogen-bond acceptors (Lipinski definition) is 4. The van der Waals surface area contributed by atoms with Gasteiger partial charge >= 0.3 is 0 Å². The number of aromatic nitrogens is 2. The first-order valence-electron chi connectivity index (χ1n) is 9.07. The van der Waals surface area contributed by atoms with Crippen molar-refractivity contribution in [2.24, 2.45) is 11.7 Å². The summed E-state index contributed by atoms with van der Waals surface area (Å²) in [6.07, 6.45) is 4.06. The van der Waals surface area contributed by atoms with E-state index in [2.05, 4.69) is 11.2 Å². The summed E-state index contributed by atoms with van der Waals surface area (Å²) in [6.45, 7) is 8.64. The maximum Gasteiger partial charge on any atom is 0.227 e. The third-order valence-corrected chi connectivity index (χ3v) is 5.48. The Hall–Kier alpha value is -0.820. The van der Waals surface area contributed by atoms with Crippen molar-refractivity contribution in [2.75, 3.05) is 19.7 Å². The largest absolute Gasteiger partial charge is 0.373 e. The quantitative estimate of drug-likeness (QED) is 0.836. The zero-order valence-electron chi connectivity index (χ0n) is 15.9. The average molecular weight is 407 g/mol. The Morgan fingerprint density at radius 3 is 2.73 bits per heavy atom. The minimum absolute atomic E-state index is 0. The monoisotopic (exact) mass is 406 g/mol. The highest BCUT2D eigenvalue weighted by Crippen LogP contribution is 2.33. The first kappa shape index (κ1) is 23.2. The Kier molecular flexibility index (Phi) is 8.39. The highest BCUT2D eigenvalue weighted by Gasteiger charge is 2.40. The molecule has 1 aliphatic carbocycles. The molecule has 26 heavy (non-hydrogen) atoms. The third-order valence-electron chi connectivity index (χ3n) is 5.48. The average Bonchev–Trinajstić information content (AvgIpc) is 2.84. The van der Waals surface area contributed by atoms with E-state index in [9.17, 15) is 4.79 Å². The van der Waals surface area contributed by atoms with Gasteiger partial charge in [-0.25, -0.2) is 0 Å². The van der Waals surface area contributed by atoms with Crippen LogP contribution in [0.4, 0.5) is 0 Å². The summed E-state index contributed by atoms with van der Waals surface area (Å²) < 4.78 is 7.85. The molecular weight excluding hydrogens is 375 g/mol. The number of halogens is 2. The van der Waals surface area contributed by atoms with Gasteiger partial charge in [-0.05, 0) is 39.7 Å². The van der Waals surface area contributed by atoms with E-state index in [1.165, 1.54) is 0 Å². The molecule has 0 radical (unpaired) electrons. The van der Waals surface area contributed by atoms with Gasteiger partial charge < -0.3 is 15.4 Å². The van der Waals surface area contributed by atoms with Crippen LogP contribution < -0.4 is 5.73 Å². The normalized spacial score (nSPS) is 28.8. The minimum atomic E-state index is -0.376. The van der Waals surface area contributed by atoms with Crippen molar-refractivity contribution in [3.63, 3.8) is 0 Å². The Morgan fingerprint density at radius 2 is 2.12 bits per heavy atom. The maximum atomic E-state index is 13.0. The number of nitrogens with zero attached hydrogens (tertiary/aromatic N) is 3. The van der Waals surface area contributed by atoms with E-state index in [0.717, 1.165) is 37.1 Å². The van der Waals surface area contributed by atoms with Crippen molar-refractivity contribution in [1.82, 2.24) is 14.7 Å². The molecule has 1 amide bonds. The summed E-state index contributed by atoms with van der Waals surface area (Å²) in [5.74, 6) is 0.153. The minimum Gasteiger partial charge on any atom is -0.373 e. The fourth-order valence-corrected chi connectivity index (χ4v) is 4.07. The number of nitrogens with two attached hydrogens (primary N) is 1. The van der Waals surface area contributed by atoms with E-state index in [1.54, 1.807) is 0 Å². The summed E-state index contributed by atoms with van der Waals surface area (Å²) in [5.41, 5.74) is 8.18. The molecule has 2 aliphatic rings. The fourth-order valence-electron chi connectivity index (χ4n) is 4.07. The lowest BCUT2D eigenvalue weighted by atomic mass is 9.74. The van der Waals surface area contributed by atoms with Crippen molar-refractivity contribution in [3.05, 3.63) is 17.5 Å². The van der Waals surface area contributed by atoms with Crippen LogP contribution in [0, 0.1) is 19.8 Å². The van der Waals surface area contributed by atoms with Crippen LogP contribution in [0.2, 0.25) is 0 Å². The van der Waals surface area contributed by atoms with Gasteiger partial charge in [-0.2, -0.15) is 5.10 Å². The third kappa shape index (κ3) is 5.12. The van der Waals surface area contributed by atoms with Gasteiger partial charge in [0.2, 0.25) is 5.91 Å². The molecule has 0 bridgehead atoms. The van der Waals surface area contributed by atoms with Gasteiger partial charge in [-0.1, -0.05) is 12.8 Å². The maximum absolute atomic E-state index is 13.0. The first-order chi connectivity index (χ1) is 11.4. The van der Waals surface area contributed by atoms with Crippen LogP contribution in [-0.2, 0) is 16.1 Å². The van der Waals surface area contributed by atoms with Crippen LogP contribution in [0.25, 0.3) is 0 Å². The molecule has 150 valence electrons. The van der Waals surface area contributed by atoms with Crippen molar-refractivity contribution >= 4 is 30.7 Å². The molecule has 3 unspecified atom stereocenters. The number of carbonyl (C=O) groups is 1. The van der Waals surface area contributed by atoms with Gasteiger partial charge in [0.1, 0.15) is 0 Å². The Morgan fingerprint density at radius 1 is 1.38 bits per heavy atom. The topological polar surface area (TPSA) is 73.4 Å². The van der Waals surface area contributed by atoms with E-state index in [1.807, 2.05) is 30.4 Å². The van der Waals surface area contributed by atoms with Gasteiger partial charge in [0, 0.05) is 24.3 Å². The summed E-state index contributed by atoms with van der Waals surface area (Å²) >= 11 is 0. The molecule has 2 heterocycles. The highest BCUT2D eigenvalue weighted by atomic mass is 35.5. The predicted molar refractivity (Wildman–Crippen MR) is 107 cm³/mol. The summed E-state index contributed by atoms with van der Waals surface area (Å²) in [4.78, 5) is 15.0. The molecule has 8 heteroatoms. The summed E-state index contributed by atoms with van der Waals surface area (Å²) in [6, 6.07) is 2.06. The molecule has 1 aliphatic heterocycles. The standard InChI is InChI=1S/C18H30N4O2.2ClH/c1-13-10-14(2)22(20-13)12-15-11-21(8-9-24-15)17(23)16-6-4-5-7-18(16,3)19;;/h10,15-16H,4-9,11-12,19H2,1-3H3;2*1H. The second kappa shape index (κ2) is 9.40. The predicted octanol–water partition coefficient (Wildman–Crippen LogP) is 2.48. The number of ether oxygens (including phenoxy) is 1. The number of rotatable bonds is 3. The van der Waals surface area contributed by atoms with Crippen molar-refractivity contribution in [3.8, 4) is 0 Å². The van der Waals surface area contributed by atoms with Crippen molar-refractivity contribution < 1.29 is 9.53 Å². The zero-order valence-corrected chi connectivity index (χ0v) is 17.6. The molecule has 0 spiro atoms. The summed E-state index contributed by atoms with van der Waals surface area (Å²) in [7, 11) is 0. The van der Waals surface area contributed by atoms with E-state index < -0.39 is 0 Å². The molecule has 1 saturated heterocycles. The second-order valence-electron chi connectivity index (χ2n) is 7.69. The van der Waals surface area contributed by atoms with Gasteiger partial charge in [0.15, 0.2) is 0 Å². The second-order valence-corrected chi connectivity index (χ2v) is 7.69. The lowest BCUT2D eigenvalue weighted by molar-refractivity contribution is -0.147. The Balaban J connectivity index is 0.00000169. The first-order valence-corrected chi connectivity index (χ1v) is 9.07. The molecular formula is C18H32Cl2N4O2. The molecule has 3 atom stereocenters. The van der Waals surface area contributed by atoms with Crippen LogP contribution in [0.3, 0.4) is 0 Å². The Labute approximate surface area is 168 Å². The molecule has 3 rings (SSSR count). The molecule has 6 nitrogen and oxygen atoms in total. The molecule has 0 aromatic carbocycles. The van der Waals surface area contributed by atoms with Crippen molar-refractivity contribution in [2.45, 2.75) is 64.6 Å². The number of hydrogen-bond donors (Lipinski definition) is 1. The molecule has 2 N–H and O–H groups in total. The zero-order chi connectivity index (χ0) is 17.3. The number of amides is 1. The van der Waals surface area contributed by atoms with E-state index >= 15 is 0 Å². The van der Waals surface area contributed by atoms with Crippen LogP contribution in [0.5, 0.6) is 0 Å². The van der Waals surface area contributed by atoms with Gasteiger partial charge in [0.25, 0.3) is 0 Å². The SMILES string of the molecule is Cc1cc(C)n(CC2CN(C(=O)C3CCCCC3(C)N)CCO2)n1.Cl.Cl. The molecule has 1 aromatic rings. The van der Waals surface area contributed by atoms with Crippen LogP contribution in [0.15, 0.2) is 6.07 Å². The Bertz CT molecular complexity index is 606. The van der Waals surface area contributed by atoms with E-state index in [-0.39, 0.29) is 48.3 Å². The van der Waals surface area contributed by atoms with E-state index in [0.29, 0.717) is 26.2 Å². The van der Waals surface area contributed by atoms with E-state index in [4.69, 9.17) is 10.5 Å². The smallest absolute Gasteiger partial charge is 0.227 e. The van der Waals surface area contributed by atoms with Gasteiger partial charge in [0.05, 0.1) is 30.9 Å². The van der Waals surface area contributed by atoms with Crippen LogP contribution >= 0.6 is 24.8 Å².